The van der Waals surface area contributed by atoms with E-state index in [9.17, 15) is 4.79 Å². The van der Waals surface area contributed by atoms with Gasteiger partial charge in [-0.05, 0) is 58.9 Å². The molecule has 3 heterocycles. The third-order valence-corrected chi connectivity index (χ3v) is 6.45. The molecule has 1 saturated heterocycles. The Labute approximate surface area is 177 Å². The lowest BCUT2D eigenvalue weighted by molar-refractivity contribution is 0.107. The first-order chi connectivity index (χ1) is 14.5. The van der Waals surface area contributed by atoms with Crippen LogP contribution in [0.25, 0.3) is 11.2 Å². The van der Waals surface area contributed by atoms with E-state index in [2.05, 4.69) is 38.6 Å². The Morgan fingerprint density at radius 1 is 1.10 bits per heavy atom. The van der Waals surface area contributed by atoms with Gasteiger partial charge in [0, 0.05) is 38.8 Å². The summed E-state index contributed by atoms with van der Waals surface area (Å²) < 4.78 is 7.59. The number of aromatic nitrogens is 4. The molecule has 0 spiro atoms. The van der Waals surface area contributed by atoms with Crippen molar-refractivity contribution in [3.63, 3.8) is 0 Å². The Morgan fingerprint density at radius 3 is 2.50 bits per heavy atom. The number of imidazole rings is 1. The van der Waals surface area contributed by atoms with Gasteiger partial charge in [-0.15, -0.1) is 0 Å². The molecule has 2 fully saturated rings. The van der Waals surface area contributed by atoms with Gasteiger partial charge in [-0.3, -0.25) is 9.47 Å². The molecule has 0 atom stereocenters. The molecular formula is C21H35N7O2. The van der Waals surface area contributed by atoms with Crippen molar-refractivity contribution >= 4 is 17.0 Å². The zero-order valence-electron chi connectivity index (χ0n) is 18.3. The first kappa shape index (κ1) is 21.1. The van der Waals surface area contributed by atoms with Gasteiger partial charge in [0.05, 0.1) is 0 Å². The number of aromatic amines is 1. The number of nitrogen functional groups attached to an aromatic ring is 1. The first-order valence-corrected chi connectivity index (χ1v) is 11.4. The largest absolute Gasteiger partial charge is 0.460 e. The number of H-pyrrole nitrogens is 1. The lowest BCUT2D eigenvalue weighted by Crippen LogP contribution is -2.48. The van der Waals surface area contributed by atoms with Gasteiger partial charge >= 0.3 is 11.7 Å². The fraction of sp³-hybridized carbons (Fsp3) is 0.762. The molecular weight excluding hydrogens is 382 g/mol. The van der Waals surface area contributed by atoms with E-state index < -0.39 is 0 Å². The highest BCUT2D eigenvalue weighted by atomic mass is 16.5. The molecule has 4 rings (SSSR count). The maximum Gasteiger partial charge on any atom is 0.327 e. The predicted octanol–water partition coefficient (Wildman–Crippen LogP) is 1.83. The standard InChI is InChI=1S/C21H35N7O2/c1-15(2)27-13-11-26(12-14-27)9-5-6-10-28-19-17(23-21(28)29)18(22)24-20(25-19)30-16-7-3-4-8-16/h15-16H,3-14H2,1-2H3,(H,23,29)(H2,22,24,25). The van der Waals surface area contributed by atoms with Gasteiger partial charge in [0.25, 0.3) is 0 Å². The number of hydrogen-bond acceptors (Lipinski definition) is 7. The summed E-state index contributed by atoms with van der Waals surface area (Å²) in [7, 11) is 0. The van der Waals surface area contributed by atoms with Gasteiger partial charge in [0.15, 0.2) is 11.5 Å². The van der Waals surface area contributed by atoms with E-state index in [0.717, 1.165) is 58.4 Å². The summed E-state index contributed by atoms with van der Waals surface area (Å²) in [6.07, 6.45) is 6.50. The average molecular weight is 418 g/mol. The van der Waals surface area contributed by atoms with Crippen LogP contribution >= 0.6 is 0 Å². The van der Waals surface area contributed by atoms with Crippen LogP contribution in [0.1, 0.15) is 52.4 Å². The van der Waals surface area contributed by atoms with Gasteiger partial charge < -0.3 is 20.4 Å². The summed E-state index contributed by atoms with van der Waals surface area (Å²) in [6, 6.07) is 0.903. The first-order valence-electron chi connectivity index (χ1n) is 11.4. The third kappa shape index (κ3) is 4.78. The van der Waals surface area contributed by atoms with E-state index in [1.807, 2.05) is 0 Å². The monoisotopic (exact) mass is 417 g/mol. The van der Waals surface area contributed by atoms with Crippen LogP contribution in [0.4, 0.5) is 5.82 Å². The van der Waals surface area contributed by atoms with Crippen LogP contribution in [0.5, 0.6) is 6.01 Å². The molecule has 1 saturated carbocycles. The van der Waals surface area contributed by atoms with Crippen molar-refractivity contribution in [1.82, 2.24) is 29.3 Å². The minimum Gasteiger partial charge on any atom is -0.460 e. The van der Waals surface area contributed by atoms with E-state index in [0.29, 0.717) is 23.8 Å². The van der Waals surface area contributed by atoms with Crippen LogP contribution in [-0.2, 0) is 6.54 Å². The van der Waals surface area contributed by atoms with Crippen molar-refractivity contribution in [2.75, 3.05) is 38.5 Å². The molecule has 30 heavy (non-hydrogen) atoms. The highest BCUT2D eigenvalue weighted by Crippen LogP contribution is 2.24. The average Bonchev–Trinajstić information content (AvgIpc) is 3.34. The summed E-state index contributed by atoms with van der Waals surface area (Å²) >= 11 is 0. The number of nitrogens with two attached hydrogens (primary N) is 1. The van der Waals surface area contributed by atoms with Crippen molar-refractivity contribution in [2.24, 2.45) is 0 Å². The van der Waals surface area contributed by atoms with Crippen LogP contribution in [0, 0.1) is 0 Å². The fourth-order valence-corrected chi connectivity index (χ4v) is 4.55. The number of nitrogens with one attached hydrogen (secondary N) is 1. The normalized spacial score (nSPS) is 19.3. The number of nitrogens with zero attached hydrogens (tertiary/aromatic N) is 5. The zero-order chi connectivity index (χ0) is 21.1. The summed E-state index contributed by atoms with van der Waals surface area (Å²) in [5, 5.41) is 0. The summed E-state index contributed by atoms with van der Waals surface area (Å²) in [5.74, 6) is 0.270. The Kier molecular flexibility index (Phi) is 6.58. The van der Waals surface area contributed by atoms with E-state index in [1.54, 1.807) is 4.57 Å². The molecule has 1 aliphatic heterocycles. The van der Waals surface area contributed by atoms with E-state index in [1.165, 1.54) is 12.8 Å². The lowest BCUT2D eigenvalue weighted by atomic mass is 10.2. The maximum absolute atomic E-state index is 12.5. The number of rotatable bonds is 8. The molecule has 1 aliphatic carbocycles. The number of anilines is 1. The fourth-order valence-electron chi connectivity index (χ4n) is 4.55. The molecule has 2 aliphatic rings. The van der Waals surface area contributed by atoms with Gasteiger partial charge in [-0.1, -0.05) is 0 Å². The summed E-state index contributed by atoms with van der Waals surface area (Å²) in [4.78, 5) is 29.1. The van der Waals surface area contributed by atoms with Gasteiger partial charge in [-0.25, -0.2) is 4.79 Å². The summed E-state index contributed by atoms with van der Waals surface area (Å²) in [5.41, 5.74) is 6.94. The van der Waals surface area contributed by atoms with Crippen molar-refractivity contribution in [3.8, 4) is 6.01 Å². The second-order valence-electron chi connectivity index (χ2n) is 8.87. The molecule has 3 N–H and O–H groups in total. The number of unbranched alkanes of at least 4 members (excludes halogenated alkanes) is 1. The highest BCUT2D eigenvalue weighted by molar-refractivity contribution is 5.81. The Morgan fingerprint density at radius 2 is 1.80 bits per heavy atom. The number of hydrogen-bond donors (Lipinski definition) is 2. The second-order valence-corrected chi connectivity index (χ2v) is 8.87. The Hall–Kier alpha value is -2.13. The number of piperazine rings is 1. The van der Waals surface area contributed by atoms with E-state index in [-0.39, 0.29) is 23.6 Å². The minimum atomic E-state index is -0.186. The van der Waals surface area contributed by atoms with Crippen LogP contribution in [0.2, 0.25) is 0 Å². The van der Waals surface area contributed by atoms with Gasteiger partial charge in [-0.2, -0.15) is 9.97 Å². The smallest absolute Gasteiger partial charge is 0.327 e. The second kappa shape index (κ2) is 9.34. The quantitative estimate of drug-likeness (QED) is 0.631. The highest BCUT2D eigenvalue weighted by Gasteiger charge is 2.21. The van der Waals surface area contributed by atoms with Crippen molar-refractivity contribution in [3.05, 3.63) is 10.5 Å². The molecule has 2 aromatic heterocycles. The van der Waals surface area contributed by atoms with Crippen LogP contribution in [0.15, 0.2) is 4.79 Å². The molecule has 0 bridgehead atoms. The summed E-state index contributed by atoms with van der Waals surface area (Å²) in [6.45, 7) is 10.7. The van der Waals surface area contributed by atoms with E-state index in [4.69, 9.17) is 10.5 Å². The van der Waals surface area contributed by atoms with Crippen LogP contribution < -0.4 is 16.2 Å². The molecule has 2 aromatic rings. The molecule has 0 amide bonds. The topological polar surface area (TPSA) is 105 Å². The van der Waals surface area contributed by atoms with Crippen LogP contribution in [0.3, 0.4) is 0 Å². The third-order valence-electron chi connectivity index (χ3n) is 6.45. The van der Waals surface area contributed by atoms with Crippen LogP contribution in [-0.4, -0.2) is 74.2 Å². The Bertz CT molecular complexity index is 893. The SMILES string of the molecule is CC(C)N1CCN(CCCCn2c(=O)[nH]c3c(N)nc(OC4CCCC4)nc32)CC1. The number of ether oxygens (including phenoxy) is 1. The number of aryl methyl sites for hydroxylation is 1. The van der Waals surface area contributed by atoms with Crippen molar-refractivity contribution in [2.45, 2.75) is 71.1 Å². The van der Waals surface area contributed by atoms with E-state index >= 15 is 0 Å². The maximum atomic E-state index is 12.5. The molecule has 166 valence electrons. The Balaban J connectivity index is 1.35. The lowest BCUT2D eigenvalue weighted by Gasteiger charge is -2.36. The minimum absolute atomic E-state index is 0.150. The van der Waals surface area contributed by atoms with Crippen molar-refractivity contribution in [1.29, 1.82) is 0 Å². The molecule has 9 nitrogen and oxygen atoms in total. The molecule has 0 radical (unpaired) electrons. The molecule has 0 unspecified atom stereocenters. The molecule has 0 aromatic carbocycles. The van der Waals surface area contributed by atoms with Gasteiger partial charge in [0.2, 0.25) is 0 Å². The van der Waals surface area contributed by atoms with Crippen molar-refractivity contribution < 1.29 is 4.74 Å². The number of fused-ring (bicyclic) bond motifs is 1. The predicted molar refractivity (Wildman–Crippen MR) is 118 cm³/mol. The van der Waals surface area contributed by atoms with Gasteiger partial charge in [0.1, 0.15) is 11.6 Å². The zero-order valence-corrected chi connectivity index (χ0v) is 18.3. The molecule has 9 heteroatoms.